The third-order valence-electron chi connectivity index (χ3n) is 1.96. The van der Waals surface area contributed by atoms with Gasteiger partial charge in [0, 0.05) is 0 Å². The smallest absolute Gasteiger partial charge is 0.354 e. The van der Waals surface area contributed by atoms with E-state index in [1.54, 1.807) is 6.08 Å². The van der Waals surface area contributed by atoms with Crippen molar-refractivity contribution in [3.05, 3.63) is 47.7 Å². The molecule has 3 nitrogen and oxygen atoms in total. The van der Waals surface area contributed by atoms with Gasteiger partial charge in [0.2, 0.25) is 0 Å². The molecular weight excluding hydrogens is 202 g/mol. The number of allylic oxidation sites excluding steroid dienone is 1. The largest absolute Gasteiger partial charge is 0.456 e. The van der Waals surface area contributed by atoms with E-state index in [9.17, 15) is 4.79 Å². The number of nitrogens with two attached hydrogens (primary N) is 1. The van der Waals surface area contributed by atoms with Crippen molar-refractivity contribution in [2.24, 2.45) is 11.7 Å². The highest BCUT2D eigenvalue weighted by atomic mass is 16.5. The maximum Gasteiger partial charge on any atom is 0.354 e. The van der Waals surface area contributed by atoms with Gasteiger partial charge in [0.15, 0.2) is 0 Å². The Kier molecular flexibility index (Phi) is 4.58. The van der Waals surface area contributed by atoms with Crippen LogP contribution in [0.4, 0.5) is 0 Å². The summed E-state index contributed by atoms with van der Waals surface area (Å²) >= 11 is 0. The van der Waals surface area contributed by atoms with Crippen LogP contribution in [-0.2, 0) is 16.1 Å². The Morgan fingerprint density at radius 1 is 1.38 bits per heavy atom. The van der Waals surface area contributed by atoms with Crippen LogP contribution < -0.4 is 5.73 Å². The topological polar surface area (TPSA) is 52.3 Å². The van der Waals surface area contributed by atoms with Crippen molar-refractivity contribution >= 4 is 5.97 Å². The van der Waals surface area contributed by atoms with Gasteiger partial charge in [0.1, 0.15) is 12.3 Å². The summed E-state index contributed by atoms with van der Waals surface area (Å²) < 4.78 is 5.06. The third-order valence-corrected chi connectivity index (χ3v) is 1.96. The van der Waals surface area contributed by atoms with E-state index in [0.717, 1.165) is 5.56 Å². The normalized spacial score (nSPS) is 11.6. The van der Waals surface area contributed by atoms with Crippen molar-refractivity contribution in [2.75, 3.05) is 0 Å². The zero-order valence-corrected chi connectivity index (χ0v) is 9.64. The fourth-order valence-electron chi connectivity index (χ4n) is 1.23. The molecule has 0 aliphatic rings. The molecule has 0 saturated carbocycles. The first-order chi connectivity index (χ1) is 7.59. The molecular formula is C13H17NO2. The minimum absolute atomic E-state index is 0.172. The number of carbonyl (C=O) groups is 1. The fraction of sp³-hybridized carbons (Fsp3) is 0.308. The van der Waals surface area contributed by atoms with Crippen molar-refractivity contribution in [1.29, 1.82) is 0 Å². The van der Waals surface area contributed by atoms with E-state index in [2.05, 4.69) is 0 Å². The molecule has 0 unspecified atom stereocenters. The van der Waals surface area contributed by atoms with E-state index in [1.165, 1.54) is 0 Å². The van der Waals surface area contributed by atoms with Gasteiger partial charge in [-0.3, -0.25) is 0 Å². The molecule has 0 aromatic heterocycles. The molecule has 0 atom stereocenters. The highest BCUT2D eigenvalue weighted by Crippen LogP contribution is 2.04. The maximum atomic E-state index is 11.4. The van der Waals surface area contributed by atoms with Crippen LogP contribution in [0.15, 0.2) is 42.1 Å². The average Bonchev–Trinajstić information content (AvgIpc) is 2.26. The summed E-state index contributed by atoms with van der Waals surface area (Å²) in [6.45, 7) is 4.17. The fourth-order valence-corrected chi connectivity index (χ4v) is 1.23. The quantitative estimate of drug-likeness (QED) is 0.624. The minimum Gasteiger partial charge on any atom is -0.456 e. The standard InChI is InChI=1S/C13H17NO2/c1-10(2)8-12(14)13(15)16-9-11-6-4-3-5-7-11/h3-8,10H,9,14H2,1-2H3/b12-8+. The van der Waals surface area contributed by atoms with E-state index in [0.29, 0.717) is 0 Å². The van der Waals surface area contributed by atoms with Crippen molar-refractivity contribution < 1.29 is 9.53 Å². The zero-order chi connectivity index (χ0) is 12.0. The predicted octanol–water partition coefficient (Wildman–Crippen LogP) is 2.23. The highest BCUT2D eigenvalue weighted by molar-refractivity contribution is 5.87. The lowest BCUT2D eigenvalue weighted by Gasteiger charge is -2.05. The van der Waals surface area contributed by atoms with E-state index < -0.39 is 5.97 Å². The van der Waals surface area contributed by atoms with Crippen molar-refractivity contribution in [3.63, 3.8) is 0 Å². The maximum absolute atomic E-state index is 11.4. The molecule has 0 saturated heterocycles. The number of ether oxygens (including phenoxy) is 1. The van der Waals surface area contributed by atoms with E-state index in [1.807, 2.05) is 44.2 Å². The molecule has 0 fully saturated rings. The molecule has 1 aromatic rings. The summed E-state index contributed by atoms with van der Waals surface area (Å²) in [5, 5.41) is 0. The van der Waals surface area contributed by atoms with Gasteiger partial charge < -0.3 is 10.5 Å². The third kappa shape index (κ3) is 4.17. The Morgan fingerprint density at radius 3 is 2.56 bits per heavy atom. The molecule has 0 radical (unpaired) electrons. The molecule has 0 aliphatic heterocycles. The zero-order valence-electron chi connectivity index (χ0n) is 9.64. The Bertz CT molecular complexity index is 369. The molecule has 86 valence electrons. The molecule has 3 heteroatoms. The van der Waals surface area contributed by atoms with Crippen molar-refractivity contribution in [1.82, 2.24) is 0 Å². The summed E-state index contributed by atoms with van der Waals surface area (Å²) in [6.07, 6.45) is 1.69. The first-order valence-corrected chi connectivity index (χ1v) is 5.28. The molecule has 0 aliphatic carbocycles. The number of esters is 1. The van der Waals surface area contributed by atoms with Crippen LogP contribution in [0.1, 0.15) is 19.4 Å². The van der Waals surface area contributed by atoms with Gasteiger partial charge in [-0.1, -0.05) is 50.3 Å². The van der Waals surface area contributed by atoms with Crippen LogP contribution >= 0.6 is 0 Å². The summed E-state index contributed by atoms with van der Waals surface area (Å²) in [5.74, 6) is -0.221. The summed E-state index contributed by atoms with van der Waals surface area (Å²) in [4.78, 5) is 11.4. The number of hydrogen-bond donors (Lipinski definition) is 1. The molecule has 1 rings (SSSR count). The molecule has 1 aromatic carbocycles. The van der Waals surface area contributed by atoms with Gasteiger partial charge in [-0.15, -0.1) is 0 Å². The second-order valence-electron chi connectivity index (χ2n) is 3.93. The van der Waals surface area contributed by atoms with Gasteiger partial charge in [-0.25, -0.2) is 4.79 Å². The number of carbonyl (C=O) groups excluding carboxylic acids is 1. The lowest BCUT2D eigenvalue weighted by molar-refractivity contribution is -0.140. The Hall–Kier alpha value is -1.77. The lowest BCUT2D eigenvalue weighted by atomic mass is 10.2. The monoisotopic (exact) mass is 219 g/mol. The number of benzene rings is 1. The van der Waals surface area contributed by atoms with Gasteiger partial charge in [-0.2, -0.15) is 0 Å². The Balaban J connectivity index is 2.48. The van der Waals surface area contributed by atoms with Crippen LogP contribution in [0.2, 0.25) is 0 Å². The number of hydrogen-bond acceptors (Lipinski definition) is 3. The first kappa shape index (κ1) is 12.3. The minimum atomic E-state index is -0.461. The Labute approximate surface area is 95.9 Å². The second-order valence-corrected chi connectivity index (χ2v) is 3.93. The Morgan fingerprint density at radius 2 is 2.00 bits per heavy atom. The molecule has 16 heavy (non-hydrogen) atoms. The van der Waals surface area contributed by atoms with Crippen molar-refractivity contribution in [2.45, 2.75) is 20.5 Å². The molecule has 0 heterocycles. The van der Waals surface area contributed by atoms with Crippen molar-refractivity contribution in [3.8, 4) is 0 Å². The highest BCUT2D eigenvalue weighted by Gasteiger charge is 2.07. The van der Waals surface area contributed by atoms with Crippen LogP contribution in [0.5, 0.6) is 0 Å². The summed E-state index contributed by atoms with van der Waals surface area (Å²) in [5.41, 5.74) is 6.69. The average molecular weight is 219 g/mol. The lowest BCUT2D eigenvalue weighted by Crippen LogP contribution is -2.15. The van der Waals surface area contributed by atoms with Gasteiger partial charge in [0.05, 0.1) is 0 Å². The molecule has 0 spiro atoms. The first-order valence-electron chi connectivity index (χ1n) is 5.28. The predicted molar refractivity (Wildman–Crippen MR) is 63.3 cm³/mol. The summed E-state index contributed by atoms with van der Waals surface area (Å²) in [7, 11) is 0. The van der Waals surface area contributed by atoms with Gasteiger partial charge in [0.25, 0.3) is 0 Å². The van der Waals surface area contributed by atoms with Gasteiger partial charge >= 0.3 is 5.97 Å². The van der Waals surface area contributed by atoms with Crippen LogP contribution in [0, 0.1) is 5.92 Å². The van der Waals surface area contributed by atoms with E-state index in [4.69, 9.17) is 10.5 Å². The van der Waals surface area contributed by atoms with Crippen LogP contribution in [0.3, 0.4) is 0 Å². The SMILES string of the molecule is CC(C)/C=C(/N)C(=O)OCc1ccccc1. The van der Waals surface area contributed by atoms with Gasteiger partial charge in [-0.05, 0) is 11.5 Å². The van der Waals surface area contributed by atoms with Crippen LogP contribution in [-0.4, -0.2) is 5.97 Å². The van der Waals surface area contributed by atoms with E-state index >= 15 is 0 Å². The molecule has 2 N–H and O–H groups in total. The second kappa shape index (κ2) is 5.95. The molecule has 0 bridgehead atoms. The summed E-state index contributed by atoms with van der Waals surface area (Å²) in [6, 6.07) is 9.51. The van der Waals surface area contributed by atoms with Crippen LogP contribution in [0.25, 0.3) is 0 Å². The molecule has 0 amide bonds. The number of rotatable bonds is 4. The van der Waals surface area contributed by atoms with E-state index in [-0.39, 0.29) is 18.2 Å².